The maximum absolute atomic E-state index is 13.7. The minimum atomic E-state index is -3.11. The maximum atomic E-state index is 13.7. The van der Waals surface area contributed by atoms with Crippen molar-refractivity contribution in [2.75, 3.05) is 25.9 Å². The highest BCUT2D eigenvalue weighted by Gasteiger charge is 2.46. The van der Waals surface area contributed by atoms with Gasteiger partial charge in [0, 0.05) is 31.2 Å². The van der Waals surface area contributed by atoms with Crippen LogP contribution in [0.2, 0.25) is 0 Å². The second-order valence-corrected chi connectivity index (χ2v) is 7.71. The lowest BCUT2D eigenvalue weighted by Gasteiger charge is -2.52. The molecule has 0 unspecified atom stereocenters. The highest BCUT2D eigenvalue weighted by Crippen LogP contribution is 2.34. The molecule has 0 aromatic heterocycles. The van der Waals surface area contributed by atoms with Crippen molar-refractivity contribution < 1.29 is 12.8 Å². The summed E-state index contributed by atoms with van der Waals surface area (Å²) in [6.07, 6.45) is 2.25. The van der Waals surface area contributed by atoms with Gasteiger partial charge in [0.15, 0.2) is 0 Å². The van der Waals surface area contributed by atoms with Crippen molar-refractivity contribution >= 4 is 10.0 Å². The van der Waals surface area contributed by atoms with E-state index in [1.807, 2.05) is 6.07 Å². The lowest BCUT2D eigenvalue weighted by molar-refractivity contribution is 0.0107. The fourth-order valence-corrected chi connectivity index (χ4v) is 4.40. The third kappa shape index (κ3) is 2.60. The van der Waals surface area contributed by atoms with E-state index in [0.717, 1.165) is 13.0 Å². The van der Waals surface area contributed by atoms with Crippen LogP contribution in [0.5, 0.6) is 0 Å². The molecule has 0 amide bonds. The summed E-state index contributed by atoms with van der Waals surface area (Å²) in [7, 11) is -3.11. The third-order valence-corrected chi connectivity index (χ3v) is 5.64. The first-order valence-electron chi connectivity index (χ1n) is 6.88. The fourth-order valence-electron chi connectivity index (χ4n) is 3.21. The second kappa shape index (κ2) is 5.09. The standard InChI is InChI=1S/C14H19FN2O2S/c1-20(18,19)17-9-12-6-7-16(10-14(12)17)8-11-4-2-3-5-13(11)15/h2-5,12,14H,6-10H2,1H3/t12-,14-/m1/s1. The van der Waals surface area contributed by atoms with Gasteiger partial charge < -0.3 is 0 Å². The monoisotopic (exact) mass is 298 g/mol. The summed E-state index contributed by atoms with van der Waals surface area (Å²) >= 11 is 0. The van der Waals surface area contributed by atoms with Crippen LogP contribution in [-0.2, 0) is 16.6 Å². The smallest absolute Gasteiger partial charge is 0.211 e. The number of benzene rings is 1. The Hall–Kier alpha value is -0.980. The zero-order valence-corrected chi connectivity index (χ0v) is 12.3. The normalized spacial score (nSPS) is 27.9. The van der Waals surface area contributed by atoms with Crippen LogP contribution in [0.3, 0.4) is 0 Å². The molecule has 2 fully saturated rings. The minimum absolute atomic E-state index is 0.0746. The molecule has 2 saturated heterocycles. The highest BCUT2D eigenvalue weighted by molar-refractivity contribution is 7.88. The predicted octanol–water partition coefficient (Wildman–Crippen LogP) is 1.29. The van der Waals surface area contributed by atoms with Crippen molar-refractivity contribution in [3.05, 3.63) is 35.6 Å². The van der Waals surface area contributed by atoms with Gasteiger partial charge in [-0.3, -0.25) is 4.90 Å². The van der Waals surface area contributed by atoms with Gasteiger partial charge in [-0.05, 0) is 24.9 Å². The first-order valence-corrected chi connectivity index (χ1v) is 8.72. The molecule has 0 saturated carbocycles. The molecule has 20 heavy (non-hydrogen) atoms. The fraction of sp³-hybridized carbons (Fsp3) is 0.571. The Morgan fingerprint density at radius 3 is 2.75 bits per heavy atom. The molecule has 2 aliphatic heterocycles. The van der Waals surface area contributed by atoms with Gasteiger partial charge in [0.25, 0.3) is 0 Å². The lowest BCUT2D eigenvalue weighted by atomic mass is 9.84. The van der Waals surface area contributed by atoms with E-state index in [-0.39, 0.29) is 11.9 Å². The molecule has 4 nitrogen and oxygen atoms in total. The second-order valence-electron chi connectivity index (χ2n) is 5.78. The summed E-state index contributed by atoms with van der Waals surface area (Å²) in [4.78, 5) is 2.15. The molecule has 2 heterocycles. The Bertz CT molecular complexity index is 605. The average Bonchev–Trinajstić information content (AvgIpc) is 2.34. The van der Waals surface area contributed by atoms with Crippen LogP contribution in [-0.4, -0.2) is 49.6 Å². The van der Waals surface area contributed by atoms with E-state index in [2.05, 4.69) is 4.90 Å². The molecule has 6 heteroatoms. The average molecular weight is 298 g/mol. The number of fused-ring (bicyclic) bond motifs is 1. The predicted molar refractivity (Wildman–Crippen MR) is 75.1 cm³/mol. The van der Waals surface area contributed by atoms with Crippen molar-refractivity contribution in [1.29, 1.82) is 0 Å². The maximum Gasteiger partial charge on any atom is 0.211 e. The topological polar surface area (TPSA) is 40.6 Å². The minimum Gasteiger partial charge on any atom is -0.297 e. The van der Waals surface area contributed by atoms with E-state index in [9.17, 15) is 12.8 Å². The van der Waals surface area contributed by atoms with E-state index in [1.54, 1.807) is 16.4 Å². The molecule has 0 radical (unpaired) electrons. The number of hydrogen-bond donors (Lipinski definition) is 0. The number of likely N-dealkylation sites (tertiary alicyclic amines) is 1. The van der Waals surface area contributed by atoms with E-state index < -0.39 is 10.0 Å². The largest absolute Gasteiger partial charge is 0.297 e. The first kappa shape index (κ1) is 14.0. The van der Waals surface area contributed by atoms with Crippen molar-refractivity contribution in [2.45, 2.75) is 19.0 Å². The molecule has 110 valence electrons. The molecule has 1 aromatic rings. The lowest BCUT2D eigenvalue weighted by Crippen LogP contribution is -2.65. The van der Waals surface area contributed by atoms with Crippen LogP contribution >= 0.6 is 0 Å². The van der Waals surface area contributed by atoms with Crippen LogP contribution in [0, 0.1) is 11.7 Å². The Morgan fingerprint density at radius 1 is 1.30 bits per heavy atom. The van der Waals surface area contributed by atoms with Crippen molar-refractivity contribution in [3.63, 3.8) is 0 Å². The number of halogens is 1. The molecule has 0 spiro atoms. The van der Waals surface area contributed by atoms with Gasteiger partial charge in [-0.25, -0.2) is 12.8 Å². The van der Waals surface area contributed by atoms with E-state index in [1.165, 1.54) is 12.3 Å². The van der Waals surface area contributed by atoms with E-state index in [4.69, 9.17) is 0 Å². The molecule has 0 bridgehead atoms. The van der Waals surface area contributed by atoms with Crippen LogP contribution in [0.15, 0.2) is 24.3 Å². The summed E-state index contributed by atoms with van der Waals surface area (Å²) in [6, 6.07) is 6.84. The van der Waals surface area contributed by atoms with Gasteiger partial charge in [-0.1, -0.05) is 18.2 Å². The third-order valence-electron chi connectivity index (χ3n) is 4.37. The molecule has 2 aliphatic rings. The Kier molecular flexibility index (Phi) is 3.56. The molecular formula is C14H19FN2O2S. The SMILES string of the molecule is CS(=O)(=O)N1C[C@H]2CCN(Cc3ccccc3F)C[C@H]21. The van der Waals surface area contributed by atoms with Gasteiger partial charge in [0.05, 0.1) is 6.26 Å². The van der Waals surface area contributed by atoms with E-state index >= 15 is 0 Å². The van der Waals surface area contributed by atoms with Crippen molar-refractivity contribution in [3.8, 4) is 0 Å². The summed E-state index contributed by atoms with van der Waals surface area (Å²) in [5, 5.41) is 0. The molecule has 0 N–H and O–H groups in total. The van der Waals surface area contributed by atoms with Gasteiger partial charge in [-0.15, -0.1) is 0 Å². The number of sulfonamides is 1. The summed E-state index contributed by atoms with van der Waals surface area (Å²) in [5.41, 5.74) is 0.677. The summed E-state index contributed by atoms with van der Waals surface area (Å²) < 4.78 is 38.5. The number of rotatable bonds is 3. The summed E-state index contributed by atoms with van der Waals surface area (Å²) in [5.74, 6) is 0.282. The molecule has 0 aliphatic carbocycles. The Labute approximate surface area is 119 Å². The number of hydrogen-bond acceptors (Lipinski definition) is 3. The quantitative estimate of drug-likeness (QED) is 0.844. The highest BCUT2D eigenvalue weighted by atomic mass is 32.2. The number of piperidine rings is 1. The molecule has 1 aromatic carbocycles. The van der Waals surface area contributed by atoms with Gasteiger partial charge in [0.2, 0.25) is 10.0 Å². The van der Waals surface area contributed by atoms with Gasteiger partial charge in [0.1, 0.15) is 5.82 Å². The first-order chi connectivity index (χ1) is 9.45. The molecule has 3 rings (SSSR count). The van der Waals surface area contributed by atoms with Crippen LogP contribution in [0.4, 0.5) is 4.39 Å². The van der Waals surface area contributed by atoms with E-state index in [0.29, 0.717) is 31.1 Å². The summed E-state index contributed by atoms with van der Waals surface area (Å²) in [6.45, 7) is 2.81. The zero-order chi connectivity index (χ0) is 14.3. The molecule has 2 atom stereocenters. The van der Waals surface area contributed by atoms with Crippen molar-refractivity contribution in [1.82, 2.24) is 9.21 Å². The van der Waals surface area contributed by atoms with Crippen molar-refractivity contribution in [2.24, 2.45) is 5.92 Å². The van der Waals surface area contributed by atoms with Crippen LogP contribution < -0.4 is 0 Å². The Balaban J connectivity index is 1.67. The van der Waals surface area contributed by atoms with Gasteiger partial charge in [-0.2, -0.15) is 4.31 Å². The molecular weight excluding hydrogens is 279 g/mol. The zero-order valence-electron chi connectivity index (χ0n) is 11.5. The number of nitrogens with zero attached hydrogens (tertiary/aromatic N) is 2. The van der Waals surface area contributed by atoms with Gasteiger partial charge >= 0.3 is 0 Å². The van der Waals surface area contributed by atoms with Crippen LogP contribution in [0.1, 0.15) is 12.0 Å². The van der Waals surface area contributed by atoms with Crippen LogP contribution in [0.25, 0.3) is 0 Å². The Morgan fingerprint density at radius 2 is 2.05 bits per heavy atom.